The minimum atomic E-state index is -1.57. The highest BCUT2D eigenvalue weighted by atomic mass is 16.7. The zero-order chi connectivity index (χ0) is 30.4. The van der Waals surface area contributed by atoms with Gasteiger partial charge in [0, 0.05) is 24.2 Å². The van der Waals surface area contributed by atoms with Crippen molar-refractivity contribution in [3.63, 3.8) is 0 Å². The van der Waals surface area contributed by atoms with E-state index in [4.69, 9.17) is 15.2 Å². The van der Waals surface area contributed by atoms with E-state index in [-0.39, 0.29) is 18.3 Å². The molecule has 0 saturated carbocycles. The summed E-state index contributed by atoms with van der Waals surface area (Å²) in [6.45, 7) is 6.99. The molecule has 1 aromatic heterocycles. The average molecular weight is 580 g/mol. The highest BCUT2D eigenvalue weighted by molar-refractivity contribution is 5.86. The number of aliphatic hydroxyl groups is 5. The standard InChI is InChI=1S/C27H41N5O9/c1-12(2)19-17(25(32-31-19)41-26-23(37)22(36)21(35)18(11-33)40-26)10-16-6-5-15(9-13(16)3)7-8-29-27(39)30-20(14(4)34)24(28)38/h5-6,9,12,14,18,20-23,26,33-37H,7-8,10-11H2,1-4H3,(H2,28,38)(H,31,32)(H2,29,30,39)/t14-,18?,20+,21-,22?,23-,26?/m1/s1. The van der Waals surface area contributed by atoms with Gasteiger partial charge in [-0.05, 0) is 42.9 Å². The van der Waals surface area contributed by atoms with E-state index in [0.29, 0.717) is 12.8 Å². The predicted octanol–water partition coefficient (Wildman–Crippen LogP) is -1.31. The van der Waals surface area contributed by atoms with Gasteiger partial charge in [0.1, 0.15) is 30.5 Å². The van der Waals surface area contributed by atoms with Crippen LogP contribution in [0.3, 0.4) is 0 Å². The molecule has 3 unspecified atom stereocenters. The highest BCUT2D eigenvalue weighted by Gasteiger charge is 2.45. The second-order valence-electron chi connectivity index (χ2n) is 10.6. The van der Waals surface area contributed by atoms with Crippen LogP contribution in [-0.4, -0.2) is 104 Å². The number of benzene rings is 1. The molecule has 1 fully saturated rings. The lowest BCUT2D eigenvalue weighted by molar-refractivity contribution is -0.278. The van der Waals surface area contributed by atoms with E-state index >= 15 is 0 Å². The molecule has 0 bridgehead atoms. The molecular weight excluding hydrogens is 538 g/mol. The van der Waals surface area contributed by atoms with E-state index in [0.717, 1.165) is 27.9 Å². The first-order valence-corrected chi connectivity index (χ1v) is 13.5. The lowest BCUT2D eigenvalue weighted by Crippen LogP contribution is -2.60. The van der Waals surface area contributed by atoms with E-state index in [1.165, 1.54) is 6.92 Å². The first-order chi connectivity index (χ1) is 19.3. The zero-order valence-corrected chi connectivity index (χ0v) is 23.6. The molecule has 41 heavy (non-hydrogen) atoms. The number of carbonyl (C=O) groups is 2. The molecule has 0 spiro atoms. The van der Waals surface area contributed by atoms with Crippen LogP contribution in [0.15, 0.2) is 18.2 Å². The van der Waals surface area contributed by atoms with Gasteiger partial charge in [-0.1, -0.05) is 32.0 Å². The van der Waals surface area contributed by atoms with Crippen molar-refractivity contribution in [1.29, 1.82) is 0 Å². The third kappa shape index (κ3) is 7.93. The number of amides is 3. The summed E-state index contributed by atoms with van der Waals surface area (Å²) < 4.78 is 11.4. The maximum absolute atomic E-state index is 12.1. The molecule has 3 amide bonds. The number of aryl methyl sites for hydroxylation is 1. The molecule has 7 atom stereocenters. The summed E-state index contributed by atoms with van der Waals surface area (Å²) in [5.74, 6) is -0.603. The number of aliphatic hydroxyl groups excluding tert-OH is 5. The van der Waals surface area contributed by atoms with E-state index < -0.39 is 61.4 Å². The summed E-state index contributed by atoms with van der Waals surface area (Å²) in [6, 6.07) is 4.07. The number of hydrogen-bond donors (Lipinski definition) is 9. The van der Waals surface area contributed by atoms with Crippen molar-refractivity contribution < 1.29 is 44.6 Å². The lowest BCUT2D eigenvalue weighted by atomic mass is 9.95. The van der Waals surface area contributed by atoms with Crippen LogP contribution in [0, 0.1) is 6.92 Å². The molecule has 14 nitrogen and oxygen atoms in total. The fourth-order valence-electron chi connectivity index (χ4n) is 4.63. The van der Waals surface area contributed by atoms with Gasteiger partial charge in [-0.25, -0.2) is 4.79 Å². The van der Waals surface area contributed by atoms with Crippen molar-refractivity contribution in [3.8, 4) is 5.88 Å². The van der Waals surface area contributed by atoms with E-state index in [1.54, 1.807) is 0 Å². The number of H-pyrrole nitrogens is 1. The van der Waals surface area contributed by atoms with E-state index in [2.05, 4.69) is 20.8 Å². The minimum Gasteiger partial charge on any atom is -0.443 e. The van der Waals surface area contributed by atoms with E-state index in [9.17, 15) is 35.1 Å². The van der Waals surface area contributed by atoms with Crippen LogP contribution in [0.2, 0.25) is 0 Å². The quantitative estimate of drug-likeness (QED) is 0.144. The van der Waals surface area contributed by atoms with Gasteiger partial charge in [-0.3, -0.25) is 9.89 Å². The molecule has 1 saturated heterocycles. The number of aromatic nitrogens is 2. The number of ether oxygens (including phenoxy) is 2. The van der Waals surface area contributed by atoms with Crippen LogP contribution >= 0.6 is 0 Å². The summed E-state index contributed by atoms with van der Waals surface area (Å²) in [6.07, 6.45) is -7.29. The summed E-state index contributed by atoms with van der Waals surface area (Å²) in [5.41, 5.74) is 9.65. The molecule has 2 aromatic rings. The molecule has 3 rings (SSSR count). The molecule has 228 valence electrons. The van der Waals surface area contributed by atoms with Crippen LogP contribution < -0.4 is 21.1 Å². The Hall–Kier alpha value is -3.27. The number of nitrogens with zero attached hydrogens (tertiary/aromatic N) is 1. The number of aromatic amines is 1. The number of rotatable bonds is 12. The first-order valence-electron chi connectivity index (χ1n) is 13.5. The molecule has 1 aromatic carbocycles. The van der Waals surface area contributed by atoms with Crippen molar-refractivity contribution in [2.24, 2.45) is 5.73 Å². The van der Waals surface area contributed by atoms with Crippen molar-refractivity contribution >= 4 is 11.9 Å². The Bertz CT molecular complexity index is 1190. The Kier molecular flexibility index (Phi) is 11.1. The van der Waals surface area contributed by atoms with E-state index in [1.807, 2.05) is 39.0 Å². The summed E-state index contributed by atoms with van der Waals surface area (Å²) >= 11 is 0. The molecule has 2 heterocycles. The maximum atomic E-state index is 12.1. The SMILES string of the molecule is Cc1cc(CCNC(=O)N[C@H](C(N)=O)[C@@H](C)O)ccc1Cc1c(OC2OC(CO)[C@@H](O)C(O)[C@H]2O)n[nH]c1C(C)C. The second-order valence-corrected chi connectivity index (χ2v) is 10.6. The molecule has 1 aliphatic heterocycles. The van der Waals surface area contributed by atoms with Gasteiger partial charge >= 0.3 is 6.03 Å². The normalized spacial score (nSPS) is 24.1. The summed E-state index contributed by atoms with van der Waals surface area (Å²) in [5, 5.41) is 61.9. The maximum Gasteiger partial charge on any atom is 0.315 e. The molecular formula is C27H41N5O9. The van der Waals surface area contributed by atoms with Crippen molar-refractivity contribution in [3.05, 3.63) is 46.1 Å². The van der Waals surface area contributed by atoms with Crippen LogP contribution in [-0.2, 0) is 22.4 Å². The van der Waals surface area contributed by atoms with Gasteiger partial charge < -0.3 is 51.4 Å². The lowest BCUT2D eigenvalue weighted by Gasteiger charge is -2.39. The predicted molar refractivity (Wildman–Crippen MR) is 146 cm³/mol. The largest absolute Gasteiger partial charge is 0.443 e. The van der Waals surface area contributed by atoms with Crippen LogP contribution in [0.4, 0.5) is 4.79 Å². The Morgan fingerprint density at radius 1 is 1.17 bits per heavy atom. The molecule has 0 radical (unpaired) electrons. The molecule has 1 aliphatic rings. The summed E-state index contributed by atoms with van der Waals surface area (Å²) in [4.78, 5) is 23.4. The smallest absolute Gasteiger partial charge is 0.315 e. The molecule has 14 heteroatoms. The van der Waals surface area contributed by atoms with Crippen molar-refractivity contribution in [2.45, 2.75) is 89.3 Å². The summed E-state index contributed by atoms with van der Waals surface area (Å²) in [7, 11) is 0. The Morgan fingerprint density at radius 2 is 1.88 bits per heavy atom. The van der Waals surface area contributed by atoms with Crippen molar-refractivity contribution in [1.82, 2.24) is 20.8 Å². The molecule has 10 N–H and O–H groups in total. The van der Waals surface area contributed by atoms with Crippen LogP contribution in [0.25, 0.3) is 0 Å². The van der Waals surface area contributed by atoms with Gasteiger partial charge in [0.05, 0.1) is 12.7 Å². The zero-order valence-electron chi connectivity index (χ0n) is 23.6. The Morgan fingerprint density at radius 3 is 2.46 bits per heavy atom. The fourth-order valence-corrected chi connectivity index (χ4v) is 4.63. The highest BCUT2D eigenvalue weighted by Crippen LogP contribution is 2.32. The van der Waals surface area contributed by atoms with Crippen LogP contribution in [0.5, 0.6) is 5.88 Å². The number of urea groups is 1. The minimum absolute atomic E-state index is 0.0597. The van der Waals surface area contributed by atoms with Gasteiger partial charge in [-0.2, -0.15) is 0 Å². The first kappa shape index (κ1) is 32.2. The topological polar surface area (TPSA) is 233 Å². The number of carbonyl (C=O) groups excluding carboxylic acids is 2. The van der Waals surface area contributed by atoms with Gasteiger partial charge in [-0.15, -0.1) is 5.10 Å². The molecule has 0 aliphatic carbocycles. The van der Waals surface area contributed by atoms with Crippen LogP contribution in [0.1, 0.15) is 54.6 Å². The fraction of sp³-hybridized carbons (Fsp3) is 0.593. The number of nitrogens with one attached hydrogen (secondary N) is 3. The van der Waals surface area contributed by atoms with Crippen molar-refractivity contribution in [2.75, 3.05) is 13.2 Å². The average Bonchev–Trinajstić information content (AvgIpc) is 3.30. The van der Waals surface area contributed by atoms with Gasteiger partial charge in [0.2, 0.25) is 18.1 Å². The third-order valence-electron chi connectivity index (χ3n) is 7.06. The number of hydrogen-bond acceptors (Lipinski definition) is 10. The monoisotopic (exact) mass is 579 g/mol. The second kappa shape index (κ2) is 14.1. The van der Waals surface area contributed by atoms with Gasteiger partial charge in [0.15, 0.2) is 0 Å². The number of nitrogens with two attached hydrogens (primary N) is 1. The Balaban J connectivity index is 1.69. The van der Waals surface area contributed by atoms with Gasteiger partial charge in [0.25, 0.3) is 0 Å². The third-order valence-corrected chi connectivity index (χ3v) is 7.06. The Labute approximate surface area is 237 Å². The number of primary amides is 1.